The fraction of sp³-hybridized carbons (Fsp3) is 0.278. The summed E-state index contributed by atoms with van der Waals surface area (Å²) in [6, 6.07) is 23.7. The first kappa shape index (κ1) is 28.9. The van der Waals surface area contributed by atoms with Crippen molar-refractivity contribution in [2.45, 2.75) is 50.1 Å². The van der Waals surface area contributed by atoms with Crippen LogP contribution in [-0.2, 0) is 30.4 Å². The molecule has 4 atom stereocenters. The van der Waals surface area contributed by atoms with Crippen LogP contribution in [0, 0.1) is 0 Å². The first-order chi connectivity index (χ1) is 21.9. The first-order valence-corrected chi connectivity index (χ1v) is 14.9. The van der Waals surface area contributed by atoms with Gasteiger partial charge >= 0.3 is 0 Å². The molecule has 45 heavy (non-hydrogen) atoms. The average Bonchev–Trinajstić information content (AvgIpc) is 3.87. The van der Waals surface area contributed by atoms with Gasteiger partial charge in [-0.3, -0.25) is 9.59 Å². The van der Waals surface area contributed by atoms with Crippen molar-refractivity contribution in [1.29, 1.82) is 0 Å². The summed E-state index contributed by atoms with van der Waals surface area (Å²) in [5.41, 5.74) is 2.21. The summed E-state index contributed by atoms with van der Waals surface area (Å²) >= 11 is 0. The maximum absolute atomic E-state index is 13.5. The van der Waals surface area contributed by atoms with Crippen LogP contribution < -0.4 is 25.1 Å². The third kappa shape index (κ3) is 5.72. The quantitative estimate of drug-likeness (QED) is 0.212. The Morgan fingerprint density at radius 2 is 1.42 bits per heavy atom. The number of benzene rings is 3. The summed E-state index contributed by atoms with van der Waals surface area (Å²) in [6.45, 7) is 0. The SMILES string of the molecule is COc1ccc(CCc2cc(=O)c3c(o2)[C@@H]2O[C@@H]2[C@H](O)[C@@H]3Oc2cc3c(=O)cc(CCc4ccccc4)oc3cc2OC)cc1. The molecule has 0 saturated carbocycles. The second-order valence-corrected chi connectivity index (χ2v) is 11.3. The fourth-order valence-corrected chi connectivity index (χ4v) is 5.95. The van der Waals surface area contributed by atoms with Gasteiger partial charge in [0.15, 0.2) is 28.5 Å². The van der Waals surface area contributed by atoms with Gasteiger partial charge in [-0.2, -0.15) is 0 Å². The van der Waals surface area contributed by atoms with Crippen LogP contribution >= 0.6 is 0 Å². The molecule has 1 fully saturated rings. The van der Waals surface area contributed by atoms with E-state index in [4.69, 9.17) is 27.8 Å². The molecule has 2 aliphatic rings. The van der Waals surface area contributed by atoms with Crippen molar-refractivity contribution in [3.05, 3.63) is 133 Å². The highest BCUT2D eigenvalue weighted by Gasteiger charge is 2.58. The number of hydrogen-bond donors (Lipinski definition) is 1. The number of ether oxygens (including phenoxy) is 4. The molecule has 9 nitrogen and oxygen atoms in total. The van der Waals surface area contributed by atoms with E-state index in [1.54, 1.807) is 13.2 Å². The van der Waals surface area contributed by atoms with E-state index >= 15 is 0 Å². The van der Waals surface area contributed by atoms with Gasteiger partial charge in [0.25, 0.3) is 0 Å². The maximum atomic E-state index is 13.5. The van der Waals surface area contributed by atoms with E-state index in [0.29, 0.717) is 53.3 Å². The number of rotatable bonds is 10. The first-order valence-electron chi connectivity index (χ1n) is 14.9. The summed E-state index contributed by atoms with van der Waals surface area (Å²) in [5, 5.41) is 11.4. The lowest BCUT2D eigenvalue weighted by Crippen LogP contribution is -2.36. The largest absolute Gasteiger partial charge is 0.497 e. The minimum atomic E-state index is -1.13. The van der Waals surface area contributed by atoms with Crippen molar-refractivity contribution >= 4 is 11.0 Å². The third-order valence-electron chi connectivity index (χ3n) is 8.42. The summed E-state index contributed by atoms with van der Waals surface area (Å²) < 4.78 is 35.1. The Balaban J connectivity index is 1.16. The lowest BCUT2D eigenvalue weighted by Gasteiger charge is -2.27. The molecule has 1 aliphatic carbocycles. The Labute approximate surface area is 258 Å². The van der Waals surface area contributed by atoms with Crippen molar-refractivity contribution in [2.24, 2.45) is 0 Å². The molecule has 0 radical (unpaired) electrons. The van der Waals surface area contributed by atoms with E-state index in [2.05, 4.69) is 0 Å². The lowest BCUT2D eigenvalue weighted by molar-refractivity contribution is 0.0118. The molecule has 0 unspecified atom stereocenters. The molecule has 1 aliphatic heterocycles. The highest BCUT2D eigenvalue weighted by Crippen LogP contribution is 2.51. The number of aliphatic hydroxyl groups is 1. The van der Waals surface area contributed by atoms with Crippen molar-refractivity contribution < 1.29 is 32.9 Å². The minimum absolute atomic E-state index is 0.186. The van der Waals surface area contributed by atoms with Crippen LogP contribution in [0.1, 0.15) is 46.2 Å². The summed E-state index contributed by atoms with van der Waals surface area (Å²) in [6.07, 6.45) is -0.888. The van der Waals surface area contributed by atoms with Crippen LogP contribution in [0.15, 0.2) is 97.3 Å². The Hall–Kier alpha value is -4.86. The fourth-order valence-electron chi connectivity index (χ4n) is 5.95. The molecule has 3 heterocycles. The predicted octanol–water partition coefficient (Wildman–Crippen LogP) is 5.27. The topological polar surface area (TPSA) is 121 Å². The lowest BCUT2D eigenvalue weighted by atomic mass is 9.91. The monoisotopic (exact) mass is 608 g/mol. The number of aryl methyl sites for hydroxylation is 4. The molecule has 2 aromatic heterocycles. The second-order valence-electron chi connectivity index (χ2n) is 11.3. The molecule has 5 aromatic rings. The van der Waals surface area contributed by atoms with Gasteiger partial charge in [0, 0.05) is 31.0 Å². The van der Waals surface area contributed by atoms with E-state index in [1.165, 1.54) is 25.3 Å². The van der Waals surface area contributed by atoms with Crippen molar-refractivity contribution in [3.63, 3.8) is 0 Å². The van der Waals surface area contributed by atoms with Gasteiger partial charge in [0.2, 0.25) is 0 Å². The Bertz CT molecular complexity index is 1960. The van der Waals surface area contributed by atoms with Gasteiger partial charge < -0.3 is 32.9 Å². The molecule has 3 aromatic carbocycles. The Morgan fingerprint density at radius 3 is 2.13 bits per heavy atom. The Kier molecular flexibility index (Phi) is 7.64. The van der Waals surface area contributed by atoms with Crippen LogP contribution in [0.5, 0.6) is 17.2 Å². The number of fused-ring (bicyclic) bond motifs is 4. The van der Waals surface area contributed by atoms with Crippen LogP contribution in [0.2, 0.25) is 0 Å². The molecule has 1 N–H and O–H groups in total. The van der Waals surface area contributed by atoms with Gasteiger partial charge in [0.05, 0.1) is 25.2 Å². The zero-order valence-corrected chi connectivity index (χ0v) is 24.9. The van der Waals surface area contributed by atoms with Gasteiger partial charge in [0.1, 0.15) is 46.9 Å². The zero-order chi connectivity index (χ0) is 31.1. The average molecular weight is 609 g/mol. The minimum Gasteiger partial charge on any atom is -0.497 e. The second kappa shape index (κ2) is 11.9. The molecule has 9 heteroatoms. The highest BCUT2D eigenvalue weighted by molar-refractivity contribution is 5.81. The third-order valence-corrected chi connectivity index (χ3v) is 8.42. The van der Waals surface area contributed by atoms with Gasteiger partial charge in [-0.15, -0.1) is 0 Å². The molecule has 0 bridgehead atoms. The standard InChI is InChI=1S/C36H32O9/c1-40-22-12-8-21(9-13-22)11-15-24-17-27(38)31-33(32(39)35-36(45-35)34(31)43-24)44-30-18-25-26(37)16-23(42-28(25)19-29(30)41-2)14-10-20-6-4-3-5-7-20/h3-9,12-13,16-19,32-33,35-36,39H,10-11,14-15H2,1-2H3/t32-,33-,35-,36+/m1/s1. The Morgan fingerprint density at radius 1 is 0.733 bits per heavy atom. The molecule has 0 amide bonds. The van der Waals surface area contributed by atoms with Crippen LogP contribution in [-0.4, -0.2) is 31.5 Å². The van der Waals surface area contributed by atoms with Gasteiger partial charge in [-0.25, -0.2) is 0 Å². The molecular formula is C36H32O9. The van der Waals surface area contributed by atoms with Gasteiger partial charge in [-0.05, 0) is 42.2 Å². The van der Waals surface area contributed by atoms with Gasteiger partial charge in [-0.1, -0.05) is 42.5 Å². The molecule has 230 valence electrons. The summed E-state index contributed by atoms with van der Waals surface area (Å²) in [5.74, 6) is 2.68. The molecule has 0 spiro atoms. The van der Waals surface area contributed by atoms with E-state index in [1.807, 2.05) is 54.6 Å². The van der Waals surface area contributed by atoms with E-state index in [9.17, 15) is 14.7 Å². The number of epoxide rings is 1. The zero-order valence-electron chi connectivity index (χ0n) is 24.9. The number of methoxy groups -OCH3 is 2. The van der Waals surface area contributed by atoms with Crippen LogP contribution in [0.25, 0.3) is 11.0 Å². The summed E-state index contributed by atoms with van der Waals surface area (Å²) in [7, 11) is 3.09. The van der Waals surface area contributed by atoms with Crippen molar-refractivity contribution in [1.82, 2.24) is 0 Å². The maximum Gasteiger partial charge on any atom is 0.193 e. The van der Waals surface area contributed by atoms with Crippen molar-refractivity contribution in [3.8, 4) is 17.2 Å². The predicted molar refractivity (Wildman–Crippen MR) is 165 cm³/mol. The highest BCUT2D eigenvalue weighted by atomic mass is 16.6. The normalized spacial score (nSPS) is 19.9. The smallest absolute Gasteiger partial charge is 0.193 e. The van der Waals surface area contributed by atoms with Crippen LogP contribution in [0.4, 0.5) is 0 Å². The van der Waals surface area contributed by atoms with Crippen molar-refractivity contribution in [2.75, 3.05) is 14.2 Å². The van der Waals surface area contributed by atoms with E-state index in [0.717, 1.165) is 23.3 Å². The van der Waals surface area contributed by atoms with E-state index < -0.39 is 24.4 Å². The number of aliphatic hydroxyl groups excluding tert-OH is 1. The van der Waals surface area contributed by atoms with E-state index in [-0.39, 0.29) is 22.2 Å². The molecular weight excluding hydrogens is 576 g/mol. The number of hydrogen-bond acceptors (Lipinski definition) is 9. The van der Waals surface area contributed by atoms with Crippen LogP contribution in [0.3, 0.4) is 0 Å². The molecule has 7 rings (SSSR count). The molecule has 1 saturated heterocycles. The summed E-state index contributed by atoms with van der Waals surface area (Å²) in [4.78, 5) is 26.7.